The van der Waals surface area contributed by atoms with Gasteiger partial charge in [0.15, 0.2) is 0 Å². The molecule has 0 spiro atoms. The van der Waals surface area contributed by atoms with Crippen LogP contribution in [-0.4, -0.2) is 25.3 Å². The van der Waals surface area contributed by atoms with Crippen LogP contribution >= 0.6 is 0 Å². The molecule has 0 aromatic rings. The highest BCUT2D eigenvalue weighted by atomic mass is 16.6. The van der Waals surface area contributed by atoms with Crippen molar-refractivity contribution in [3.63, 3.8) is 0 Å². The summed E-state index contributed by atoms with van der Waals surface area (Å²) in [6.07, 6.45) is 6.70. The number of rotatable bonds is 3. The minimum absolute atomic E-state index is 0.0279. The number of ether oxygens (including phenoxy) is 2. The molecule has 0 amide bonds. The molecule has 15 heavy (non-hydrogen) atoms. The van der Waals surface area contributed by atoms with Gasteiger partial charge in [0, 0.05) is 0 Å². The Bertz CT molecular complexity index is 319. The SMILES string of the molecule is CC12C=CC(CC1C(=O)OCC1CO1)C2. The largest absolute Gasteiger partial charge is 0.463 e. The van der Waals surface area contributed by atoms with Gasteiger partial charge in [0.25, 0.3) is 0 Å². The van der Waals surface area contributed by atoms with Crippen molar-refractivity contribution in [3.05, 3.63) is 12.2 Å². The number of carbonyl (C=O) groups excluding carboxylic acids is 1. The van der Waals surface area contributed by atoms with Crippen LogP contribution in [0.25, 0.3) is 0 Å². The quantitative estimate of drug-likeness (QED) is 0.401. The highest BCUT2D eigenvalue weighted by Crippen LogP contribution is 2.53. The Hall–Kier alpha value is -0.830. The Balaban J connectivity index is 1.62. The van der Waals surface area contributed by atoms with E-state index in [1.807, 2.05) is 0 Å². The molecule has 0 N–H and O–H groups in total. The third-order valence-corrected chi connectivity index (χ3v) is 3.88. The zero-order chi connectivity index (χ0) is 10.5. The number of epoxide rings is 1. The van der Waals surface area contributed by atoms with Gasteiger partial charge in [0.1, 0.15) is 12.7 Å². The van der Waals surface area contributed by atoms with Crippen molar-refractivity contribution in [1.82, 2.24) is 0 Å². The molecule has 1 saturated heterocycles. The molecule has 82 valence electrons. The first-order valence-electron chi connectivity index (χ1n) is 5.65. The maximum absolute atomic E-state index is 11.9. The van der Waals surface area contributed by atoms with Crippen molar-refractivity contribution in [2.24, 2.45) is 17.3 Å². The van der Waals surface area contributed by atoms with Crippen LogP contribution in [0.15, 0.2) is 12.2 Å². The molecule has 0 aromatic heterocycles. The molecule has 1 saturated carbocycles. The highest BCUT2D eigenvalue weighted by molar-refractivity contribution is 5.75. The third kappa shape index (κ3) is 1.59. The lowest BCUT2D eigenvalue weighted by Gasteiger charge is -2.26. The van der Waals surface area contributed by atoms with E-state index in [2.05, 4.69) is 19.1 Å². The lowest BCUT2D eigenvalue weighted by atomic mass is 9.80. The van der Waals surface area contributed by atoms with Crippen molar-refractivity contribution in [2.75, 3.05) is 13.2 Å². The summed E-state index contributed by atoms with van der Waals surface area (Å²) in [6, 6.07) is 0. The minimum atomic E-state index is -0.0279. The molecule has 3 rings (SSSR count). The van der Waals surface area contributed by atoms with E-state index in [4.69, 9.17) is 9.47 Å². The molecule has 3 aliphatic rings. The molecule has 4 atom stereocenters. The maximum Gasteiger partial charge on any atom is 0.309 e. The summed E-state index contributed by atoms with van der Waals surface area (Å²) in [6.45, 7) is 3.35. The van der Waals surface area contributed by atoms with Crippen molar-refractivity contribution < 1.29 is 14.3 Å². The summed E-state index contributed by atoms with van der Waals surface area (Å²) in [4.78, 5) is 11.9. The molecule has 3 nitrogen and oxygen atoms in total. The molecule has 4 unspecified atom stereocenters. The average Bonchev–Trinajstić information content (AvgIpc) is 2.89. The molecule has 1 heterocycles. The highest BCUT2D eigenvalue weighted by Gasteiger charge is 2.49. The van der Waals surface area contributed by atoms with Gasteiger partial charge < -0.3 is 9.47 Å². The molecular formula is C12H16O3. The molecule has 0 radical (unpaired) electrons. The van der Waals surface area contributed by atoms with Crippen LogP contribution in [-0.2, 0) is 14.3 Å². The third-order valence-electron chi connectivity index (χ3n) is 3.88. The van der Waals surface area contributed by atoms with Crippen molar-refractivity contribution in [3.8, 4) is 0 Å². The second kappa shape index (κ2) is 3.08. The first-order valence-corrected chi connectivity index (χ1v) is 5.65. The molecule has 0 aromatic carbocycles. The Labute approximate surface area is 89.4 Å². The fourth-order valence-corrected chi connectivity index (χ4v) is 2.85. The van der Waals surface area contributed by atoms with Crippen molar-refractivity contribution >= 4 is 5.97 Å². The number of hydrogen-bond acceptors (Lipinski definition) is 3. The van der Waals surface area contributed by atoms with Crippen LogP contribution in [0.4, 0.5) is 0 Å². The van der Waals surface area contributed by atoms with E-state index in [9.17, 15) is 4.79 Å². The standard InChI is InChI=1S/C12H16O3/c1-12-3-2-8(5-12)4-10(12)11(13)15-7-9-6-14-9/h2-3,8-10H,4-7H2,1H3. The Morgan fingerprint density at radius 1 is 1.67 bits per heavy atom. The number of hydrogen-bond donors (Lipinski definition) is 0. The first kappa shape index (κ1) is 9.40. The first-order chi connectivity index (χ1) is 7.17. The van der Waals surface area contributed by atoms with E-state index < -0.39 is 0 Å². The molecule has 1 aliphatic heterocycles. The van der Waals surface area contributed by atoms with E-state index in [1.165, 1.54) is 0 Å². The number of fused-ring (bicyclic) bond motifs is 2. The van der Waals surface area contributed by atoms with Crippen LogP contribution < -0.4 is 0 Å². The smallest absolute Gasteiger partial charge is 0.309 e. The maximum atomic E-state index is 11.9. The van der Waals surface area contributed by atoms with Crippen molar-refractivity contribution in [2.45, 2.75) is 25.9 Å². The lowest BCUT2D eigenvalue weighted by molar-refractivity contribution is -0.151. The number of carbonyl (C=O) groups is 1. The van der Waals surface area contributed by atoms with Crippen LogP contribution in [0, 0.1) is 17.3 Å². The summed E-state index contributed by atoms with van der Waals surface area (Å²) < 4.78 is 10.3. The topological polar surface area (TPSA) is 38.8 Å². The van der Waals surface area contributed by atoms with Gasteiger partial charge in [-0.25, -0.2) is 0 Å². The Morgan fingerprint density at radius 3 is 3.00 bits per heavy atom. The van der Waals surface area contributed by atoms with Gasteiger partial charge in [-0.3, -0.25) is 4.79 Å². The molecule has 2 bridgehead atoms. The predicted octanol–water partition coefficient (Wildman–Crippen LogP) is 1.53. The second-order valence-corrected chi connectivity index (χ2v) is 5.20. The molecule has 3 heteroatoms. The summed E-state index contributed by atoms with van der Waals surface area (Å²) in [5, 5.41) is 0. The van der Waals surface area contributed by atoms with Crippen molar-refractivity contribution in [1.29, 1.82) is 0 Å². The van der Waals surface area contributed by atoms with Gasteiger partial charge in [-0.2, -0.15) is 0 Å². The lowest BCUT2D eigenvalue weighted by Crippen LogP contribution is -2.29. The second-order valence-electron chi connectivity index (χ2n) is 5.20. The summed E-state index contributed by atoms with van der Waals surface area (Å²) in [5.41, 5.74) is 0.0617. The zero-order valence-electron chi connectivity index (χ0n) is 8.94. The Morgan fingerprint density at radius 2 is 2.47 bits per heavy atom. The van der Waals surface area contributed by atoms with E-state index in [0.29, 0.717) is 12.5 Å². The number of allylic oxidation sites excluding steroid dienone is 2. The fourth-order valence-electron chi connectivity index (χ4n) is 2.85. The van der Waals surface area contributed by atoms with E-state index in [-0.39, 0.29) is 23.4 Å². The van der Waals surface area contributed by atoms with E-state index in [0.717, 1.165) is 19.4 Å². The summed E-state index contributed by atoms with van der Waals surface area (Å²) >= 11 is 0. The van der Waals surface area contributed by atoms with E-state index in [1.54, 1.807) is 0 Å². The minimum Gasteiger partial charge on any atom is -0.463 e. The monoisotopic (exact) mass is 208 g/mol. The molecule has 2 fully saturated rings. The van der Waals surface area contributed by atoms with Gasteiger partial charge >= 0.3 is 5.97 Å². The van der Waals surface area contributed by atoms with Gasteiger partial charge in [-0.1, -0.05) is 19.1 Å². The van der Waals surface area contributed by atoms with Gasteiger partial charge in [0.2, 0.25) is 0 Å². The average molecular weight is 208 g/mol. The van der Waals surface area contributed by atoms with Crippen LogP contribution in [0.3, 0.4) is 0 Å². The van der Waals surface area contributed by atoms with E-state index >= 15 is 0 Å². The van der Waals surface area contributed by atoms with Crippen LogP contribution in [0.1, 0.15) is 19.8 Å². The normalized spacial score (nSPS) is 45.8. The van der Waals surface area contributed by atoms with Gasteiger partial charge in [-0.15, -0.1) is 0 Å². The molecule has 2 aliphatic carbocycles. The number of esters is 1. The summed E-state index contributed by atoms with van der Waals surface area (Å²) in [5.74, 6) is 0.649. The fraction of sp³-hybridized carbons (Fsp3) is 0.750. The van der Waals surface area contributed by atoms with Gasteiger partial charge in [-0.05, 0) is 24.2 Å². The summed E-state index contributed by atoms with van der Waals surface area (Å²) in [7, 11) is 0. The van der Waals surface area contributed by atoms with Crippen LogP contribution in [0.2, 0.25) is 0 Å². The Kier molecular flexibility index (Phi) is 1.93. The molecular weight excluding hydrogens is 192 g/mol. The van der Waals surface area contributed by atoms with Crippen LogP contribution in [0.5, 0.6) is 0 Å². The van der Waals surface area contributed by atoms with Gasteiger partial charge in [0.05, 0.1) is 12.5 Å². The zero-order valence-corrected chi connectivity index (χ0v) is 8.94. The predicted molar refractivity (Wildman–Crippen MR) is 54.2 cm³/mol.